The van der Waals surface area contributed by atoms with Gasteiger partial charge in [-0.1, -0.05) is 0 Å². The average Bonchev–Trinajstić information content (AvgIpc) is 2.16. The maximum absolute atomic E-state index is 11.5. The van der Waals surface area contributed by atoms with Gasteiger partial charge in [-0.25, -0.2) is 0 Å². The van der Waals surface area contributed by atoms with Gasteiger partial charge in [0.25, 0.3) is 5.91 Å². The van der Waals surface area contributed by atoms with Gasteiger partial charge in [0.1, 0.15) is 0 Å². The van der Waals surface area contributed by atoms with Crippen molar-refractivity contribution in [3.8, 4) is 6.07 Å². The molecule has 1 aromatic rings. The third-order valence-corrected chi connectivity index (χ3v) is 2.00. The Morgan fingerprint density at radius 1 is 1.43 bits per heavy atom. The van der Waals surface area contributed by atoms with E-state index >= 15 is 0 Å². The van der Waals surface area contributed by atoms with Crippen molar-refractivity contribution in [3.05, 3.63) is 34.9 Å². The molecule has 0 unspecified atom stereocenters. The minimum absolute atomic E-state index is 0.0439. The van der Waals surface area contributed by atoms with Crippen molar-refractivity contribution >= 4 is 5.91 Å². The average molecular weight is 188 g/mol. The second kappa shape index (κ2) is 3.93. The Bertz CT molecular complexity index is 402. The molecule has 14 heavy (non-hydrogen) atoms. The number of nitrogens with zero attached hydrogens (tertiary/aromatic N) is 2. The highest BCUT2D eigenvalue weighted by molar-refractivity contribution is 5.94. The molecule has 1 amide bonds. The van der Waals surface area contributed by atoms with Crippen LogP contribution in [0.1, 0.15) is 21.5 Å². The van der Waals surface area contributed by atoms with E-state index in [9.17, 15) is 4.79 Å². The summed E-state index contributed by atoms with van der Waals surface area (Å²) in [4.78, 5) is 13.1. The maximum atomic E-state index is 11.5. The van der Waals surface area contributed by atoms with Crippen LogP contribution in [0.3, 0.4) is 0 Å². The quantitative estimate of drug-likeness (QED) is 0.671. The number of hydrogen-bond donors (Lipinski definition) is 0. The number of rotatable bonds is 1. The molecular formula is C11H12N2O. The summed E-state index contributed by atoms with van der Waals surface area (Å²) in [7, 11) is 3.41. The van der Waals surface area contributed by atoms with Crippen LogP contribution < -0.4 is 0 Å². The van der Waals surface area contributed by atoms with Crippen molar-refractivity contribution in [2.45, 2.75) is 6.92 Å². The molecule has 3 heteroatoms. The molecule has 0 aromatic heterocycles. The Morgan fingerprint density at radius 2 is 2.07 bits per heavy atom. The van der Waals surface area contributed by atoms with Crippen molar-refractivity contribution < 1.29 is 4.79 Å². The number of carbonyl (C=O) groups excluding carboxylic acids is 1. The lowest BCUT2D eigenvalue weighted by molar-refractivity contribution is 0.0827. The van der Waals surface area contributed by atoms with Crippen LogP contribution in [-0.2, 0) is 0 Å². The van der Waals surface area contributed by atoms with Crippen molar-refractivity contribution in [3.63, 3.8) is 0 Å². The van der Waals surface area contributed by atoms with Gasteiger partial charge in [-0.3, -0.25) is 4.79 Å². The molecule has 0 spiro atoms. The van der Waals surface area contributed by atoms with E-state index in [1.165, 1.54) is 4.90 Å². The van der Waals surface area contributed by atoms with Crippen LogP contribution in [0, 0.1) is 18.3 Å². The summed E-state index contributed by atoms with van der Waals surface area (Å²) in [6, 6.07) is 7.15. The van der Waals surface area contributed by atoms with Crippen LogP contribution in [0.2, 0.25) is 0 Å². The van der Waals surface area contributed by atoms with Gasteiger partial charge in [0, 0.05) is 19.7 Å². The number of hydrogen-bond acceptors (Lipinski definition) is 2. The van der Waals surface area contributed by atoms with Gasteiger partial charge in [-0.15, -0.1) is 0 Å². The summed E-state index contributed by atoms with van der Waals surface area (Å²) in [6.07, 6.45) is 0. The zero-order chi connectivity index (χ0) is 10.7. The molecule has 0 heterocycles. The van der Waals surface area contributed by atoms with E-state index < -0.39 is 0 Å². The molecule has 0 atom stereocenters. The van der Waals surface area contributed by atoms with Crippen molar-refractivity contribution in [2.75, 3.05) is 14.1 Å². The molecule has 0 fully saturated rings. The number of nitriles is 1. The molecule has 0 radical (unpaired) electrons. The first-order valence-electron chi connectivity index (χ1n) is 4.28. The summed E-state index contributed by atoms with van der Waals surface area (Å²) in [5.74, 6) is -0.0439. The van der Waals surface area contributed by atoms with Crippen LogP contribution in [0.5, 0.6) is 0 Å². The normalized spacial score (nSPS) is 9.29. The lowest BCUT2D eigenvalue weighted by Gasteiger charge is -2.10. The number of benzene rings is 1. The Balaban J connectivity index is 3.11. The fourth-order valence-corrected chi connectivity index (χ4v) is 1.18. The zero-order valence-electron chi connectivity index (χ0n) is 8.53. The Hall–Kier alpha value is -1.82. The van der Waals surface area contributed by atoms with E-state index in [4.69, 9.17) is 5.26 Å². The Kier molecular flexibility index (Phi) is 2.88. The van der Waals surface area contributed by atoms with Crippen molar-refractivity contribution in [1.82, 2.24) is 4.90 Å². The smallest absolute Gasteiger partial charge is 0.253 e. The van der Waals surface area contributed by atoms with Crippen molar-refractivity contribution in [1.29, 1.82) is 5.26 Å². The van der Waals surface area contributed by atoms with E-state index in [2.05, 4.69) is 6.07 Å². The topological polar surface area (TPSA) is 44.1 Å². The number of amides is 1. The first kappa shape index (κ1) is 10.3. The monoisotopic (exact) mass is 188 g/mol. The molecule has 0 aliphatic heterocycles. The standard InChI is InChI=1S/C11H12N2O/c1-8-6-9(11(14)13(2)3)4-5-10(8)7-12/h4-6H,1-3H3. The largest absolute Gasteiger partial charge is 0.345 e. The summed E-state index contributed by atoms with van der Waals surface area (Å²) in [5.41, 5.74) is 2.06. The van der Waals surface area contributed by atoms with E-state index in [0.29, 0.717) is 11.1 Å². The fourth-order valence-electron chi connectivity index (χ4n) is 1.18. The minimum atomic E-state index is -0.0439. The predicted octanol–water partition coefficient (Wildman–Crippen LogP) is 1.57. The highest BCUT2D eigenvalue weighted by Gasteiger charge is 2.08. The Labute approximate surface area is 83.6 Å². The zero-order valence-corrected chi connectivity index (χ0v) is 8.53. The molecule has 1 rings (SSSR count). The van der Waals surface area contributed by atoms with E-state index in [1.54, 1.807) is 32.3 Å². The first-order chi connectivity index (χ1) is 6.56. The third kappa shape index (κ3) is 1.91. The molecular weight excluding hydrogens is 176 g/mol. The molecule has 0 saturated heterocycles. The summed E-state index contributed by atoms with van der Waals surface area (Å²) in [6.45, 7) is 1.82. The highest BCUT2D eigenvalue weighted by atomic mass is 16.2. The van der Waals surface area contributed by atoms with Gasteiger partial charge < -0.3 is 4.90 Å². The minimum Gasteiger partial charge on any atom is -0.345 e. The summed E-state index contributed by atoms with van der Waals surface area (Å²) in [5, 5.41) is 8.71. The summed E-state index contributed by atoms with van der Waals surface area (Å²) >= 11 is 0. The third-order valence-electron chi connectivity index (χ3n) is 2.00. The van der Waals surface area contributed by atoms with Crippen LogP contribution >= 0.6 is 0 Å². The fraction of sp³-hybridized carbons (Fsp3) is 0.273. The van der Waals surface area contributed by atoms with Gasteiger partial charge in [-0.05, 0) is 30.7 Å². The lowest BCUT2D eigenvalue weighted by atomic mass is 10.1. The van der Waals surface area contributed by atoms with Gasteiger partial charge >= 0.3 is 0 Å². The van der Waals surface area contributed by atoms with Crippen LogP contribution in [0.4, 0.5) is 0 Å². The lowest BCUT2D eigenvalue weighted by Crippen LogP contribution is -2.21. The molecule has 0 saturated carbocycles. The molecule has 72 valence electrons. The number of aryl methyl sites for hydroxylation is 1. The summed E-state index contributed by atoms with van der Waals surface area (Å²) < 4.78 is 0. The van der Waals surface area contributed by atoms with Gasteiger partial charge in [0.2, 0.25) is 0 Å². The van der Waals surface area contributed by atoms with Crippen molar-refractivity contribution in [2.24, 2.45) is 0 Å². The Morgan fingerprint density at radius 3 is 2.50 bits per heavy atom. The van der Waals surface area contributed by atoms with Gasteiger partial charge in [-0.2, -0.15) is 5.26 Å². The van der Waals surface area contributed by atoms with E-state index in [-0.39, 0.29) is 5.91 Å². The second-order valence-corrected chi connectivity index (χ2v) is 3.34. The van der Waals surface area contributed by atoms with Crippen LogP contribution in [0.25, 0.3) is 0 Å². The van der Waals surface area contributed by atoms with Crippen LogP contribution in [0.15, 0.2) is 18.2 Å². The van der Waals surface area contributed by atoms with Gasteiger partial charge in [0.15, 0.2) is 0 Å². The number of carbonyl (C=O) groups is 1. The SMILES string of the molecule is Cc1cc(C(=O)N(C)C)ccc1C#N. The van der Waals surface area contributed by atoms with Gasteiger partial charge in [0.05, 0.1) is 11.6 Å². The molecule has 3 nitrogen and oxygen atoms in total. The van der Waals surface area contributed by atoms with E-state index in [1.807, 2.05) is 6.92 Å². The van der Waals surface area contributed by atoms with Crippen LogP contribution in [-0.4, -0.2) is 24.9 Å². The molecule has 0 aliphatic carbocycles. The molecule has 0 N–H and O–H groups in total. The maximum Gasteiger partial charge on any atom is 0.253 e. The molecule has 0 bridgehead atoms. The molecule has 0 aliphatic rings. The highest BCUT2D eigenvalue weighted by Crippen LogP contribution is 2.11. The molecule has 1 aromatic carbocycles. The van der Waals surface area contributed by atoms with E-state index in [0.717, 1.165) is 5.56 Å². The second-order valence-electron chi connectivity index (χ2n) is 3.34. The predicted molar refractivity (Wildman–Crippen MR) is 53.9 cm³/mol. The first-order valence-corrected chi connectivity index (χ1v) is 4.28.